The molecule has 2 heteroatoms. The molecule has 1 rings (SSSR count). The molecule has 0 bridgehead atoms. The highest BCUT2D eigenvalue weighted by Gasteiger charge is 2.21. The molecule has 1 fully saturated rings. The van der Waals surface area contributed by atoms with E-state index in [1.54, 1.807) is 0 Å². The Morgan fingerprint density at radius 3 is 2.45 bits per heavy atom. The van der Waals surface area contributed by atoms with Crippen LogP contribution in [0.25, 0.3) is 0 Å². The van der Waals surface area contributed by atoms with E-state index in [1.165, 1.54) is 19.3 Å². The minimum absolute atomic E-state index is 0.0359. The van der Waals surface area contributed by atoms with Gasteiger partial charge in [-0.2, -0.15) is 0 Å². The lowest BCUT2D eigenvalue weighted by Gasteiger charge is -2.24. The fourth-order valence-corrected chi connectivity index (χ4v) is 1.87. The van der Waals surface area contributed by atoms with Crippen molar-refractivity contribution in [2.45, 2.75) is 32.1 Å². The normalized spacial score (nSPS) is 23.0. The third-order valence-electron chi connectivity index (χ3n) is 2.64. The van der Waals surface area contributed by atoms with E-state index in [9.17, 15) is 4.79 Å². The van der Waals surface area contributed by atoms with Gasteiger partial charge in [0.05, 0.1) is 6.61 Å². The van der Waals surface area contributed by atoms with Crippen molar-refractivity contribution in [3.63, 3.8) is 0 Å². The number of rotatable bonds is 3. The Hall–Kier alpha value is -0.370. The summed E-state index contributed by atoms with van der Waals surface area (Å²) in [4.78, 5) is 10.5. The van der Waals surface area contributed by atoms with Gasteiger partial charge in [0.25, 0.3) is 0 Å². The lowest BCUT2D eigenvalue weighted by Crippen LogP contribution is -2.22. The average Bonchev–Trinajstić information content (AvgIpc) is 2.09. The first-order chi connectivity index (χ1) is 5.38. The third-order valence-corrected chi connectivity index (χ3v) is 2.64. The van der Waals surface area contributed by atoms with Gasteiger partial charge in [0, 0.05) is 5.92 Å². The van der Waals surface area contributed by atoms with Crippen molar-refractivity contribution in [1.82, 2.24) is 0 Å². The zero-order chi connectivity index (χ0) is 8.10. The summed E-state index contributed by atoms with van der Waals surface area (Å²) in [5.74, 6) is 0.376. The van der Waals surface area contributed by atoms with Crippen LogP contribution in [0.15, 0.2) is 0 Å². The maximum absolute atomic E-state index is 10.5. The van der Waals surface area contributed by atoms with Crippen molar-refractivity contribution in [2.75, 3.05) is 6.61 Å². The SMILES string of the molecule is O=CC(CO)C1CCCCC1. The van der Waals surface area contributed by atoms with Crippen molar-refractivity contribution in [1.29, 1.82) is 0 Å². The fourth-order valence-electron chi connectivity index (χ4n) is 1.87. The number of aliphatic hydroxyl groups is 1. The second-order valence-electron chi connectivity index (χ2n) is 3.38. The highest BCUT2D eigenvalue weighted by molar-refractivity contribution is 5.54. The van der Waals surface area contributed by atoms with Crippen LogP contribution in [0, 0.1) is 11.8 Å². The van der Waals surface area contributed by atoms with Crippen LogP contribution in [0.1, 0.15) is 32.1 Å². The van der Waals surface area contributed by atoms with E-state index in [0.717, 1.165) is 19.1 Å². The van der Waals surface area contributed by atoms with Crippen molar-refractivity contribution in [3.05, 3.63) is 0 Å². The van der Waals surface area contributed by atoms with Crippen LogP contribution in [0.2, 0.25) is 0 Å². The zero-order valence-corrected chi connectivity index (χ0v) is 6.83. The highest BCUT2D eigenvalue weighted by Crippen LogP contribution is 2.28. The zero-order valence-electron chi connectivity index (χ0n) is 6.83. The van der Waals surface area contributed by atoms with Crippen molar-refractivity contribution < 1.29 is 9.90 Å². The molecule has 0 aliphatic heterocycles. The number of hydrogen-bond donors (Lipinski definition) is 1. The number of carbonyl (C=O) groups excluding carboxylic acids is 1. The van der Waals surface area contributed by atoms with E-state index in [0.29, 0.717) is 5.92 Å². The standard InChI is InChI=1S/C9H16O2/c10-6-9(7-11)8-4-2-1-3-5-8/h6,8-9,11H,1-5,7H2. The molecule has 0 radical (unpaired) electrons. The van der Waals surface area contributed by atoms with Crippen molar-refractivity contribution in [2.24, 2.45) is 11.8 Å². The predicted octanol–water partition coefficient (Wildman–Crippen LogP) is 1.37. The first-order valence-corrected chi connectivity index (χ1v) is 4.44. The molecule has 1 aliphatic rings. The lowest BCUT2D eigenvalue weighted by atomic mass is 9.81. The number of carbonyl (C=O) groups is 1. The van der Waals surface area contributed by atoms with Gasteiger partial charge < -0.3 is 9.90 Å². The van der Waals surface area contributed by atoms with Crippen LogP contribution in [0.4, 0.5) is 0 Å². The molecule has 1 unspecified atom stereocenters. The topological polar surface area (TPSA) is 37.3 Å². The quantitative estimate of drug-likeness (QED) is 0.627. The van der Waals surface area contributed by atoms with Crippen LogP contribution in [-0.4, -0.2) is 18.0 Å². The summed E-state index contributed by atoms with van der Waals surface area (Å²) in [7, 11) is 0. The molecule has 1 atom stereocenters. The molecule has 0 saturated heterocycles. The van der Waals surface area contributed by atoms with E-state index < -0.39 is 0 Å². The van der Waals surface area contributed by atoms with E-state index in [4.69, 9.17) is 5.11 Å². The Bertz CT molecular complexity index is 117. The first kappa shape index (κ1) is 8.72. The Kier molecular flexibility index (Phi) is 3.57. The van der Waals surface area contributed by atoms with Crippen molar-refractivity contribution in [3.8, 4) is 0 Å². The summed E-state index contributed by atoms with van der Waals surface area (Å²) in [5, 5.41) is 8.85. The molecule has 0 spiro atoms. The molecular weight excluding hydrogens is 140 g/mol. The van der Waals surface area contributed by atoms with Gasteiger partial charge in [-0.3, -0.25) is 0 Å². The third kappa shape index (κ3) is 2.29. The largest absolute Gasteiger partial charge is 0.396 e. The van der Waals surface area contributed by atoms with Gasteiger partial charge in [-0.25, -0.2) is 0 Å². The van der Waals surface area contributed by atoms with Gasteiger partial charge in [-0.05, 0) is 18.8 Å². The second kappa shape index (κ2) is 4.50. The number of hydrogen-bond acceptors (Lipinski definition) is 2. The maximum atomic E-state index is 10.5. The van der Waals surface area contributed by atoms with Gasteiger partial charge in [0.1, 0.15) is 6.29 Å². The average molecular weight is 156 g/mol. The van der Waals surface area contributed by atoms with Gasteiger partial charge in [0.15, 0.2) is 0 Å². The molecule has 1 aliphatic carbocycles. The molecule has 2 nitrogen and oxygen atoms in total. The molecule has 11 heavy (non-hydrogen) atoms. The van der Waals surface area contributed by atoms with E-state index in [1.807, 2.05) is 0 Å². The van der Waals surface area contributed by atoms with Crippen molar-refractivity contribution >= 4 is 6.29 Å². The van der Waals surface area contributed by atoms with Gasteiger partial charge >= 0.3 is 0 Å². The summed E-state index contributed by atoms with van der Waals surface area (Å²) in [6, 6.07) is 0. The van der Waals surface area contributed by atoms with Crippen LogP contribution >= 0.6 is 0 Å². The minimum atomic E-state index is -0.0877. The molecule has 64 valence electrons. The second-order valence-corrected chi connectivity index (χ2v) is 3.38. The van der Waals surface area contributed by atoms with Crippen LogP contribution in [0.3, 0.4) is 0 Å². The Labute approximate surface area is 67.6 Å². The summed E-state index contributed by atoms with van der Waals surface area (Å²) in [5.41, 5.74) is 0. The van der Waals surface area contributed by atoms with Gasteiger partial charge in [-0.1, -0.05) is 19.3 Å². The van der Waals surface area contributed by atoms with Crippen LogP contribution < -0.4 is 0 Å². The first-order valence-electron chi connectivity index (χ1n) is 4.44. The summed E-state index contributed by atoms with van der Waals surface area (Å²) < 4.78 is 0. The highest BCUT2D eigenvalue weighted by atomic mass is 16.3. The molecule has 0 amide bonds. The minimum Gasteiger partial charge on any atom is -0.396 e. The lowest BCUT2D eigenvalue weighted by molar-refractivity contribution is -0.114. The molecule has 1 N–H and O–H groups in total. The smallest absolute Gasteiger partial charge is 0.125 e. The summed E-state index contributed by atoms with van der Waals surface area (Å²) in [6.45, 7) is 0.0359. The van der Waals surface area contributed by atoms with Gasteiger partial charge in [0.2, 0.25) is 0 Å². The molecule has 0 aromatic heterocycles. The molecular formula is C9H16O2. The van der Waals surface area contributed by atoms with Crippen LogP contribution in [-0.2, 0) is 4.79 Å². The Balaban J connectivity index is 2.35. The van der Waals surface area contributed by atoms with E-state index in [-0.39, 0.29) is 12.5 Å². The summed E-state index contributed by atoms with van der Waals surface area (Å²) in [6.07, 6.45) is 6.93. The van der Waals surface area contributed by atoms with Gasteiger partial charge in [-0.15, -0.1) is 0 Å². The fraction of sp³-hybridized carbons (Fsp3) is 0.889. The maximum Gasteiger partial charge on any atom is 0.125 e. The molecule has 0 aromatic rings. The molecule has 0 heterocycles. The number of aldehydes is 1. The summed E-state index contributed by atoms with van der Waals surface area (Å²) >= 11 is 0. The molecule has 1 saturated carbocycles. The van der Waals surface area contributed by atoms with E-state index >= 15 is 0 Å². The molecule has 0 aromatic carbocycles. The predicted molar refractivity (Wildman–Crippen MR) is 43.2 cm³/mol. The monoisotopic (exact) mass is 156 g/mol. The number of aliphatic hydroxyl groups excluding tert-OH is 1. The van der Waals surface area contributed by atoms with Crippen LogP contribution in [0.5, 0.6) is 0 Å². The van der Waals surface area contributed by atoms with E-state index in [2.05, 4.69) is 0 Å². The Morgan fingerprint density at radius 1 is 1.36 bits per heavy atom. The Morgan fingerprint density at radius 2 is 2.00 bits per heavy atom.